The fourth-order valence-electron chi connectivity index (χ4n) is 1.95. The van der Waals surface area contributed by atoms with Gasteiger partial charge in [-0.3, -0.25) is 0 Å². The average Bonchev–Trinajstić information content (AvgIpc) is 2.48. The van der Waals surface area contributed by atoms with Gasteiger partial charge in [-0.05, 0) is 46.7 Å². The molecule has 0 unspecified atom stereocenters. The second-order valence-corrected chi connectivity index (χ2v) is 5.54. The number of halogens is 2. The third kappa shape index (κ3) is 2.74. The zero-order valence-electron chi connectivity index (χ0n) is 11.1. The third-order valence-corrected chi connectivity index (χ3v) is 4.42. The fraction of sp³-hybridized carbons (Fsp3) is 0.200. The predicted molar refractivity (Wildman–Crippen MR) is 88.0 cm³/mol. The van der Waals surface area contributed by atoms with E-state index in [1.165, 1.54) is 0 Å². The van der Waals surface area contributed by atoms with Gasteiger partial charge < -0.3 is 4.74 Å². The van der Waals surface area contributed by atoms with Crippen molar-refractivity contribution in [3.8, 4) is 22.9 Å². The Hall–Kier alpha value is -1.32. The number of pyridine rings is 1. The Kier molecular flexibility index (Phi) is 4.84. The van der Waals surface area contributed by atoms with Crippen LogP contribution in [0.2, 0.25) is 5.15 Å². The fourth-order valence-corrected chi connectivity index (χ4v) is 3.27. The van der Waals surface area contributed by atoms with E-state index in [0.29, 0.717) is 5.56 Å². The molecule has 0 saturated carbocycles. The summed E-state index contributed by atoms with van der Waals surface area (Å²) in [5.41, 5.74) is 3.09. The van der Waals surface area contributed by atoms with Crippen LogP contribution in [0.15, 0.2) is 24.3 Å². The summed E-state index contributed by atoms with van der Waals surface area (Å²) >= 11 is 8.36. The van der Waals surface area contributed by atoms with Gasteiger partial charge in [0.15, 0.2) is 0 Å². The van der Waals surface area contributed by atoms with Crippen LogP contribution in [0.4, 0.5) is 0 Å². The topological polar surface area (TPSA) is 45.9 Å². The molecule has 1 aromatic carbocycles. The normalized spacial score (nSPS) is 10.2. The zero-order valence-corrected chi connectivity index (χ0v) is 14.0. The summed E-state index contributed by atoms with van der Waals surface area (Å²) in [5, 5.41) is 9.61. The SMILES string of the molecule is CCc1nc(Cl)c(C#N)c(-c2ccc(OC)cc2)c1I. The van der Waals surface area contributed by atoms with Gasteiger partial charge in [0.25, 0.3) is 0 Å². The zero-order chi connectivity index (χ0) is 14.7. The third-order valence-electron chi connectivity index (χ3n) is 2.99. The Morgan fingerprint density at radius 3 is 2.50 bits per heavy atom. The second-order valence-electron chi connectivity index (χ2n) is 4.11. The number of nitrogens with zero attached hydrogens (tertiary/aromatic N) is 2. The molecule has 0 aliphatic carbocycles. The lowest BCUT2D eigenvalue weighted by molar-refractivity contribution is 0.415. The first-order valence-corrected chi connectivity index (χ1v) is 7.50. The lowest BCUT2D eigenvalue weighted by Crippen LogP contribution is -2.00. The first kappa shape index (κ1) is 15.1. The van der Waals surface area contributed by atoms with Crippen molar-refractivity contribution in [1.29, 1.82) is 5.26 Å². The Labute approximate surface area is 136 Å². The molecule has 0 aliphatic rings. The summed E-state index contributed by atoms with van der Waals surface area (Å²) in [6.45, 7) is 2.02. The number of hydrogen-bond donors (Lipinski definition) is 0. The van der Waals surface area contributed by atoms with Crippen LogP contribution in [0, 0.1) is 14.9 Å². The monoisotopic (exact) mass is 398 g/mol. The summed E-state index contributed by atoms with van der Waals surface area (Å²) in [7, 11) is 1.62. The lowest BCUT2D eigenvalue weighted by atomic mass is 10.0. The van der Waals surface area contributed by atoms with Gasteiger partial charge in [-0.2, -0.15) is 5.26 Å². The molecule has 0 bridgehead atoms. The molecule has 102 valence electrons. The standard InChI is InChI=1S/C15H12ClIN2O/c1-3-12-14(17)13(11(8-18)15(16)19-12)9-4-6-10(20-2)7-5-9/h4-7H,3H2,1-2H3. The summed E-state index contributed by atoms with van der Waals surface area (Å²) < 4.78 is 6.12. The lowest BCUT2D eigenvalue weighted by Gasteiger charge is -2.12. The number of aromatic nitrogens is 1. The number of nitriles is 1. The Bertz CT molecular complexity index is 677. The van der Waals surface area contributed by atoms with Crippen molar-refractivity contribution in [2.24, 2.45) is 0 Å². The van der Waals surface area contributed by atoms with E-state index in [1.54, 1.807) is 7.11 Å². The second kappa shape index (κ2) is 6.42. The molecule has 0 amide bonds. The number of methoxy groups -OCH3 is 1. The van der Waals surface area contributed by atoms with Crippen LogP contribution >= 0.6 is 34.2 Å². The van der Waals surface area contributed by atoms with Crippen molar-refractivity contribution in [2.45, 2.75) is 13.3 Å². The predicted octanol–water partition coefficient (Wildman–Crippen LogP) is 4.45. The van der Waals surface area contributed by atoms with Crippen LogP contribution in [-0.2, 0) is 6.42 Å². The van der Waals surface area contributed by atoms with E-state index >= 15 is 0 Å². The highest BCUT2D eigenvalue weighted by molar-refractivity contribution is 14.1. The summed E-state index contributed by atoms with van der Waals surface area (Å²) in [4.78, 5) is 4.29. The number of ether oxygens (including phenoxy) is 1. The minimum absolute atomic E-state index is 0.260. The maximum absolute atomic E-state index is 9.35. The summed E-state index contributed by atoms with van der Waals surface area (Å²) in [5.74, 6) is 0.776. The van der Waals surface area contributed by atoms with Crippen molar-refractivity contribution >= 4 is 34.2 Å². The van der Waals surface area contributed by atoms with E-state index in [9.17, 15) is 5.26 Å². The van der Waals surface area contributed by atoms with Gasteiger partial charge in [-0.15, -0.1) is 0 Å². The molecule has 3 nitrogen and oxygen atoms in total. The molecule has 0 fully saturated rings. The van der Waals surface area contributed by atoms with Gasteiger partial charge in [0, 0.05) is 9.13 Å². The minimum atomic E-state index is 0.260. The van der Waals surface area contributed by atoms with Gasteiger partial charge in [-0.25, -0.2) is 4.98 Å². The highest BCUT2D eigenvalue weighted by Gasteiger charge is 2.17. The highest BCUT2D eigenvalue weighted by atomic mass is 127. The average molecular weight is 399 g/mol. The van der Waals surface area contributed by atoms with Crippen molar-refractivity contribution in [3.63, 3.8) is 0 Å². The molecule has 0 radical (unpaired) electrons. The molecule has 2 aromatic rings. The highest BCUT2D eigenvalue weighted by Crippen LogP contribution is 2.34. The van der Waals surface area contributed by atoms with Crippen molar-refractivity contribution < 1.29 is 4.74 Å². The number of rotatable bonds is 3. The van der Waals surface area contributed by atoms with E-state index in [1.807, 2.05) is 31.2 Å². The van der Waals surface area contributed by atoms with E-state index in [0.717, 1.165) is 32.6 Å². The van der Waals surface area contributed by atoms with Gasteiger partial charge in [-0.1, -0.05) is 30.7 Å². The maximum Gasteiger partial charge on any atom is 0.147 e. The molecule has 0 saturated heterocycles. The molecular weight excluding hydrogens is 387 g/mol. The maximum atomic E-state index is 9.35. The number of aryl methyl sites for hydroxylation is 1. The Morgan fingerprint density at radius 1 is 1.35 bits per heavy atom. The Balaban J connectivity index is 2.70. The van der Waals surface area contributed by atoms with Crippen molar-refractivity contribution in [1.82, 2.24) is 4.98 Å². The summed E-state index contributed by atoms with van der Waals surface area (Å²) in [6, 6.07) is 9.73. The number of benzene rings is 1. The molecule has 1 heterocycles. The molecular formula is C15H12ClIN2O. The van der Waals surface area contributed by atoms with Crippen molar-refractivity contribution in [2.75, 3.05) is 7.11 Å². The first-order valence-electron chi connectivity index (χ1n) is 6.04. The van der Waals surface area contributed by atoms with Gasteiger partial charge in [0.2, 0.25) is 0 Å². The van der Waals surface area contributed by atoms with E-state index < -0.39 is 0 Å². The van der Waals surface area contributed by atoms with Crippen LogP contribution in [0.25, 0.3) is 11.1 Å². The van der Waals surface area contributed by atoms with Crippen molar-refractivity contribution in [3.05, 3.63) is 44.2 Å². The van der Waals surface area contributed by atoms with E-state index in [-0.39, 0.29) is 5.15 Å². The quantitative estimate of drug-likeness (QED) is 0.567. The molecule has 0 N–H and O–H groups in total. The minimum Gasteiger partial charge on any atom is -0.497 e. The largest absolute Gasteiger partial charge is 0.497 e. The van der Waals surface area contributed by atoms with Gasteiger partial charge in [0.05, 0.1) is 18.4 Å². The van der Waals surface area contributed by atoms with Crippen LogP contribution in [0.3, 0.4) is 0 Å². The van der Waals surface area contributed by atoms with Crippen LogP contribution in [0.1, 0.15) is 18.2 Å². The number of hydrogen-bond acceptors (Lipinski definition) is 3. The van der Waals surface area contributed by atoms with E-state index in [2.05, 4.69) is 33.6 Å². The Morgan fingerprint density at radius 2 is 2.00 bits per heavy atom. The van der Waals surface area contributed by atoms with Crippen LogP contribution in [-0.4, -0.2) is 12.1 Å². The van der Waals surface area contributed by atoms with Crippen LogP contribution in [0.5, 0.6) is 5.75 Å². The molecule has 0 atom stereocenters. The van der Waals surface area contributed by atoms with E-state index in [4.69, 9.17) is 16.3 Å². The molecule has 20 heavy (non-hydrogen) atoms. The molecule has 2 rings (SSSR count). The van der Waals surface area contributed by atoms with Crippen LogP contribution < -0.4 is 4.74 Å². The van der Waals surface area contributed by atoms with Gasteiger partial charge >= 0.3 is 0 Å². The summed E-state index contributed by atoms with van der Waals surface area (Å²) in [6.07, 6.45) is 0.771. The smallest absolute Gasteiger partial charge is 0.147 e. The first-order chi connectivity index (χ1) is 9.62. The molecule has 0 aliphatic heterocycles. The van der Waals surface area contributed by atoms with Gasteiger partial charge in [0.1, 0.15) is 17.0 Å². The molecule has 0 spiro atoms. The molecule has 5 heteroatoms. The molecule has 1 aromatic heterocycles.